The van der Waals surface area contributed by atoms with Crippen LogP contribution in [-0.2, 0) is 4.79 Å². The molecule has 1 aromatic carbocycles. The Morgan fingerprint density at radius 3 is 2.38 bits per heavy atom. The zero-order valence-corrected chi connectivity index (χ0v) is 12.7. The number of hydrogen-bond acceptors (Lipinski definition) is 2. The Labute approximate surface area is 130 Å². The van der Waals surface area contributed by atoms with E-state index in [4.69, 9.17) is 18.0 Å². The molecule has 0 heterocycles. The maximum absolute atomic E-state index is 12.6. The molecule has 3 nitrogen and oxygen atoms in total. The van der Waals surface area contributed by atoms with E-state index in [0.29, 0.717) is 6.04 Å². The summed E-state index contributed by atoms with van der Waals surface area (Å²) in [7, 11) is 0. The highest BCUT2D eigenvalue weighted by atomic mass is 32.1. The average Bonchev–Trinajstić information content (AvgIpc) is 2.85. The van der Waals surface area contributed by atoms with Gasteiger partial charge in [0.1, 0.15) is 5.92 Å². The van der Waals surface area contributed by atoms with E-state index >= 15 is 0 Å². The molecular weight excluding hydrogens is 280 g/mol. The lowest BCUT2D eigenvalue weighted by atomic mass is 9.97. The molecule has 3 N–H and O–H groups in total. The van der Waals surface area contributed by atoms with Crippen LogP contribution in [0.2, 0.25) is 0 Å². The summed E-state index contributed by atoms with van der Waals surface area (Å²) < 4.78 is 0. The van der Waals surface area contributed by atoms with Crippen LogP contribution in [0.3, 0.4) is 0 Å². The van der Waals surface area contributed by atoms with E-state index in [1.54, 1.807) is 0 Å². The van der Waals surface area contributed by atoms with E-state index in [9.17, 15) is 4.79 Å². The SMILES string of the molecule is NC(=S)C(C(=O)NC1C2C3CCC(C3)C12)c1ccccc1. The van der Waals surface area contributed by atoms with E-state index in [1.165, 1.54) is 19.3 Å². The Hall–Kier alpha value is -1.42. The number of benzene rings is 1. The molecule has 3 fully saturated rings. The second-order valence-electron chi connectivity index (χ2n) is 6.77. The van der Waals surface area contributed by atoms with Crippen molar-refractivity contribution in [2.45, 2.75) is 31.2 Å². The minimum atomic E-state index is -0.500. The fraction of sp³-hybridized carbons (Fsp3) is 0.529. The molecule has 3 aliphatic carbocycles. The quantitative estimate of drug-likeness (QED) is 0.838. The highest BCUT2D eigenvalue weighted by molar-refractivity contribution is 7.80. The van der Waals surface area contributed by atoms with Crippen LogP contribution in [0.5, 0.6) is 0 Å². The van der Waals surface area contributed by atoms with Gasteiger partial charge in [-0.1, -0.05) is 42.5 Å². The number of nitrogens with two attached hydrogens (primary N) is 1. The van der Waals surface area contributed by atoms with Gasteiger partial charge in [-0.3, -0.25) is 4.79 Å². The molecule has 5 unspecified atom stereocenters. The molecule has 110 valence electrons. The maximum atomic E-state index is 12.6. The molecule has 4 heteroatoms. The molecule has 21 heavy (non-hydrogen) atoms. The van der Waals surface area contributed by atoms with E-state index in [0.717, 1.165) is 29.2 Å². The van der Waals surface area contributed by atoms with Crippen molar-refractivity contribution in [2.75, 3.05) is 0 Å². The van der Waals surface area contributed by atoms with Crippen molar-refractivity contribution in [1.29, 1.82) is 0 Å². The van der Waals surface area contributed by atoms with E-state index < -0.39 is 5.92 Å². The van der Waals surface area contributed by atoms with E-state index in [-0.39, 0.29) is 10.9 Å². The molecule has 0 aromatic heterocycles. The summed E-state index contributed by atoms with van der Waals surface area (Å²) in [5, 5.41) is 3.23. The van der Waals surface area contributed by atoms with Crippen molar-refractivity contribution >= 4 is 23.1 Å². The summed E-state index contributed by atoms with van der Waals surface area (Å²) in [5.41, 5.74) is 6.70. The van der Waals surface area contributed by atoms with Crippen LogP contribution in [0.4, 0.5) is 0 Å². The third-order valence-corrected chi connectivity index (χ3v) is 5.96. The zero-order chi connectivity index (χ0) is 14.6. The van der Waals surface area contributed by atoms with Crippen molar-refractivity contribution in [2.24, 2.45) is 29.4 Å². The first-order valence-corrected chi connectivity index (χ1v) is 8.22. The summed E-state index contributed by atoms with van der Waals surface area (Å²) >= 11 is 5.13. The number of hydrogen-bond donors (Lipinski definition) is 2. The highest BCUT2D eigenvalue weighted by Crippen LogP contribution is 2.65. The molecular formula is C17H20N2OS. The molecule has 4 rings (SSSR count). The van der Waals surface area contributed by atoms with Crippen LogP contribution in [0, 0.1) is 23.7 Å². The lowest BCUT2D eigenvalue weighted by Gasteiger charge is -2.17. The number of carbonyl (C=O) groups is 1. The summed E-state index contributed by atoms with van der Waals surface area (Å²) in [6.07, 6.45) is 4.10. The van der Waals surface area contributed by atoms with E-state index in [2.05, 4.69) is 5.32 Å². The first-order valence-electron chi connectivity index (χ1n) is 7.81. The second-order valence-corrected chi connectivity index (χ2v) is 7.24. The van der Waals surface area contributed by atoms with Crippen molar-refractivity contribution in [3.63, 3.8) is 0 Å². The molecule has 0 aliphatic heterocycles. The fourth-order valence-electron chi connectivity index (χ4n) is 4.86. The Balaban J connectivity index is 1.48. The Morgan fingerprint density at radius 2 is 1.81 bits per heavy atom. The standard InChI is InChI=1S/C17H20N2OS/c18-16(21)14(9-4-2-1-3-5-9)17(20)19-15-12-10-6-7-11(8-10)13(12)15/h1-5,10-15H,6-8H2,(H2,18,21)(H,19,20). The summed E-state index contributed by atoms with van der Waals surface area (Å²) in [6, 6.07) is 9.98. The van der Waals surface area contributed by atoms with Crippen molar-refractivity contribution < 1.29 is 4.79 Å². The minimum absolute atomic E-state index is 0.0208. The van der Waals surface area contributed by atoms with Crippen LogP contribution in [0.15, 0.2) is 30.3 Å². The first-order chi connectivity index (χ1) is 10.2. The monoisotopic (exact) mass is 300 g/mol. The molecule has 1 aromatic rings. The molecule has 2 bridgehead atoms. The summed E-state index contributed by atoms with van der Waals surface area (Å²) in [6.45, 7) is 0. The number of fused-ring (bicyclic) bond motifs is 5. The second kappa shape index (κ2) is 4.80. The van der Waals surface area contributed by atoms with Gasteiger partial charge in [0, 0.05) is 6.04 Å². The Morgan fingerprint density at radius 1 is 1.19 bits per heavy atom. The largest absolute Gasteiger partial charge is 0.392 e. The van der Waals surface area contributed by atoms with Gasteiger partial charge in [-0.25, -0.2) is 0 Å². The Bertz CT molecular complexity index is 572. The summed E-state index contributed by atoms with van der Waals surface area (Å²) in [4.78, 5) is 12.9. The van der Waals surface area contributed by atoms with Crippen molar-refractivity contribution in [1.82, 2.24) is 5.32 Å². The van der Waals surface area contributed by atoms with Gasteiger partial charge in [0.25, 0.3) is 0 Å². The molecule has 3 saturated carbocycles. The molecule has 1 amide bonds. The number of thiocarbonyl (C=S) groups is 1. The first kappa shape index (κ1) is 13.3. The highest BCUT2D eigenvalue weighted by Gasteiger charge is 2.65. The number of carbonyl (C=O) groups excluding carboxylic acids is 1. The third-order valence-electron chi connectivity index (χ3n) is 5.72. The van der Waals surface area contributed by atoms with Crippen LogP contribution >= 0.6 is 12.2 Å². The fourth-order valence-corrected chi connectivity index (χ4v) is 5.10. The average molecular weight is 300 g/mol. The number of amides is 1. The van der Waals surface area contributed by atoms with Crippen molar-refractivity contribution in [3.8, 4) is 0 Å². The van der Waals surface area contributed by atoms with Gasteiger partial charge in [0.05, 0.1) is 4.99 Å². The van der Waals surface area contributed by atoms with Gasteiger partial charge in [0.15, 0.2) is 0 Å². The smallest absolute Gasteiger partial charge is 0.234 e. The number of rotatable bonds is 4. The van der Waals surface area contributed by atoms with Crippen LogP contribution in [0.25, 0.3) is 0 Å². The molecule has 3 aliphatic rings. The van der Waals surface area contributed by atoms with E-state index in [1.807, 2.05) is 30.3 Å². The summed E-state index contributed by atoms with van der Waals surface area (Å²) in [5.74, 6) is 2.65. The lowest BCUT2D eigenvalue weighted by Crippen LogP contribution is -2.39. The molecule has 5 atom stereocenters. The molecule has 0 spiro atoms. The van der Waals surface area contributed by atoms with Gasteiger partial charge in [-0.05, 0) is 48.5 Å². The zero-order valence-electron chi connectivity index (χ0n) is 11.9. The van der Waals surface area contributed by atoms with Gasteiger partial charge in [-0.15, -0.1) is 0 Å². The van der Waals surface area contributed by atoms with Gasteiger partial charge >= 0.3 is 0 Å². The topological polar surface area (TPSA) is 55.1 Å². The predicted molar refractivity (Wildman–Crippen MR) is 85.7 cm³/mol. The number of nitrogens with one attached hydrogen (secondary N) is 1. The van der Waals surface area contributed by atoms with Crippen LogP contribution < -0.4 is 11.1 Å². The van der Waals surface area contributed by atoms with Crippen molar-refractivity contribution in [3.05, 3.63) is 35.9 Å². The lowest BCUT2D eigenvalue weighted by molar-refractivity contribution is -0.121. The van der Waals surface area contributed by atoms with Crippen LogP contribution in [0.1, 0.15) is 30.7 Å². The Kier molecular flexibility index (Phi) is 3.03. The molecule has 0 saturated heterocycles. The normalized spacial score (nSPS) is 36.9. The molecule has 0 radical (unpaired) electrons. The van der Waals surface area contributed by atoms with Gasteiger partial charge in [0.2, 0.25) is 5.91 Å². The van der Waals surface area contributed by atoms with Gasteiger partial charge in [-0.2, -0.15) is 0 Å². The van der Waals surface area contributed by atoms with Crippen LogP contribution in [-0.4, -0.2) is 16.9 Å². The minimum Gasteiger partial charge on any atom is -0.392 e. The maximum Gasteiger partial charge on any atom is 0.234 e. The predicted octanol–water partition coefficient (Wildman–Crippen LogP) is 2.22. The van der Waals surface area contributed by atoms with Gasteiger partial charge < -0.3 is 11.1 Å². The third kappa shape index (κ3) is 2.08.